The van der Waals surface area contributed by atoms with Gasteiger partial charge in [-0.15, -0.1) is 0 Å². The first-order chi connectivity index (χ1) is 14.5. The average molecular weight is 405 g/mol. The SMILES string of the molecule is Cc1nn(C)cc1CN(C)C(=O)c1cccnc1N1CCN[C@@H](c2ccccc2)C1. The number of hydrogen-bond donors (Lipinski definition) is 1. The van der Waals surface area contributed by atoms with Gasteiger partial charge < -0.3 is 15.1 Å². The predicted octanol–water partition coefficient (Wildman–Crippen LogP) is 2.55. The molecule has 1 N–H and O–H groups in total. The van der Waals surface area contributed by atoms with Crippen LogP contribution in [-0.4, -0.2) is 52.3 Å². The highest BCUT2D eigenvalue weighted by Crippen LogP contribution is 2.25. The number of amides is 1. The number of pyridine rings is 1. The molecule has 1 fully saturated rings. The van der Waals surface area contributed by atoms with Crippen LogP contribution in [0.25, 0.3) is 0 Å². The molecule has 0 radical (unpaired) electrons. The molecule has 1 aromatic carbocycles. The van der Waals surface area contributed by atoms with E-state index in [2.05, 4.69) is 44.6 Å². The van der Waals surface area contributed by atoms with Gasteiger partial charge in [-0.1, -0.05) is 30.3 Å². The van der Waals surface area contributed by atoms with Crippen molar-refractivity contribution in [2.45, 2.75) is 19.5 Å². The molecular formula is C23H28N6O. The zero-order chi connectivity index (χ0) is 21.1. The first-order valence-corrected chi connectivity index (χ1v) is 10.3. The molecular weight excluding hydrogens is 376 g/mol. The van der Waals surface area contributed by atoms with Crippen LogP contribution in [0.15, 0.2) is 54.9 Å². The summed E-state index contributed by atoms with van der Waals surface area (Å²) in [5.41, 5.74) is 3.87. The third-order valence-corrected chi connectivity index (χ3v) is 5.56. The maximum absolute atomic E-state index is 13.3. The largest absolute Gasteiger partial charge is 0.353 e. The van der Waals surface area contributed by atoms with Gasteiger partial charge >= 0.3 is 0 Å². The average Bonchev–Trinajstić information content (AvgIpc) is 3.10. The van der Waals surface area contributed by atoms with Crippen LogP contribution in [0, 0.1) is 6.92 Å². The normalized spacial score (nSPS) is 16.5. The van der Waals surface area contributed by atoms with Crippen LogP contribution >= 0.6 is 0 Å². The number of benzene rings is 1. The Bertz CT molecular complexity index is 1020. The van der Waals surface area contributed by atoms with Gasteiger partial charge in [0, 0.05) is 64.3 Å². The van der Waals surface area contributed by atoms with Gasteiger partial charge in [-0.25, -0.2) is 4.98 Å². The number of nitrogens with one attached hydrogen (secondary N) is 1. The Morgan fingerprint density at radius 3 is 2.77 bits per heavy atom. The van der Waals surface area contributed by atoms with Gasteiger partial charge in [0.25, 0.3) is 5.91 Å². The summed E-state index contributed by atoms with van der Waals surface area (Å²) >= 11 is 0. The lowest BCUT2D eigenvalue weighted by Crippen LogP contribution is -2.47. The van der Waals surface area contributed by atoms with Crippen LogP contribution in [0.1, 0.15) is 33.2 Å². The fourth-order valence-corrected chi connectivity index (χ4v) is 4.00. The molecule has 1 saturated heterocycles. The highest BCUT2D eigenvalue weighted by atomic mass is 16.2. The molecule has 7 nitrogen and oxygen atoms in total. The first-order valence-electron chi connectivity index (χ1n) is 10.3. The number of hydrogen-bond acceptors (Lipinski definition) is 5. The number of aryl methyl sites for hydroxylation is 2. The molecule has 2 aromatic heterocycles. The summed E-state index contributed by atoms with van der Waals surface area (Å²) in [6.45, 7) is 4.90. The highest BCUT2D eigenvalue weighted by Gasteiger charge is 2.26. The van der Waals surface area contributed by atoms with E-state index in [1.54, 1.807) is 15.8 Å². The summed E-state index contributed by atoms with van der Waals surface area (Å²) in [6, 6.07) is 14.3. The lowest BCUT2D eigenvalue weighted by molar-refractivity contribution is 0.0785. The van der Waals surface area contributed by atoms with Crippen molar-refractivity contribution in [2.75, 3.05) is 31.6 Å². The fourth-order valence-electron chi connectivity index (χ4n) is 4.00. The molecule has 0 unspecified atom stereocenters. The van der Waals surface area contributed by atoms with Crippen molar-refractivity contribution in [3.8, 4) is 0 Å². The Balaban J connectivity index is 1.54. The summed E-state index contributed by atoms with van der Waals surface area (Å²) in [7, 11) is 3.72. The molecule has 1 aliphatic heterocycles. The number of rotatable bonds is 5. The van der Waals surface area contributed by atoms with E-state index in [4.69, 9.17) is 0 Å². The van der Waals surface area contributed by atoms with Crippen LogP contribution in [-0.2, 0) is 13.6 Å². The van der Waals surface area contributed by atoms with E-state index in [0.717, 1.165) is 36.7 Å². The third kappa shape index (κ3) is 4.21. The van der Waals surface area contributed by atoms with Crippen molar-refractivity contribution in [1.29, 1.82) is 0 Å². The summed E-state index contributed by atoms with van der Waals surface area (Å²) in [5.74, 6) is 0.718. The molecule has 1 atom stereocenters. The Kier molecular flexibility index (Phi) is 5.81. The number of aromatic nitrogens is 3. The molecule has 0 bridgehead atoms. The van der Waals surface area contributed by atoms with E-state index in [1.807, 2.05) is 45.4 Å². The van der Waals surface area contributed by atoms with Crippen LogP contribution in [0.4, 0.5) is 5.82 Å². The van der Waals surface area contributed by atoms with Gasteiger partial charge in [-0.3, -0.25) is 9.48 Å². The zero-order valence-electron chi connectivity index (χ0n) is 17.7. The third-order valence-electron chi connectivity index (χ3n) is 5.56. The molecule has 30 heavy (non-hydrogen) atoms. The highest BCUT2D eigenvalue weighted by molar-refractivity contribution is 5.98. The monoisotopic (exact) mass is 404 g/mol. The van der Waals surface area contributed by atoms with E-state index < -0.39 is 0 Å². The Hall–Kier alpha value is -3.19. The van der Waals surface area contributed by atoms with E-state index in [-0.39, 0.29) is 11.9 Å². The second-order valence-corrected chi connectivity index (χ2v) is 7.81. The van der Waals surface area contributed by atoms with Crippen LogP contribution in [0.3, 0.4) is 0 Å². The maximum atomic E-state index is 13.3. The predicted molar refractivity (Wildman–Crippen MR) is 117 cm³/mol. The second-order valence-electron chi connectivity index (χ2n) is 7.81. The van der Waals surface area contributed by atoms with Crippen molar-refractivity contribution >= 4 is 11.7 Å². The van der Waals surface area contributed by atoms with E-state index in [9.17, 15) is 4.79 Å². The van der Waals surface area contributed by atoms with Crippen LogP contribution in [0.2, 0.25) is 0 Å². The van der Waals surface area contributed by atoms with Crippen molar-refractivity contribution in [1.82, 2.24) is 25.0 Å². The zero-order valence-corrected chi connectivity index (χ0v) is 17.7. The Morgan fingerprint density at radius 2 is 2.03 bits per heavy atom. The summed E-state index contributed by atoms with van der Waals surface area (Å²) in [6.07, 6.45) is 3.72. The summed E-state index contributed by atoms with van der Waals surface area (Å²) in [4.78, 5) is 21.8. The van der Waals surface area contributed by atoms with Gasteiger partial charge in [0.05, 0.1) is 11.3 Å². The van der Waals surface area contributed by atoms with Crippen molar-refractivity contribution in [3.05, 3.63) is 77.2 Å². The van der Waals surface area contributed by atoms with Gasteiger partial charge in [0.2, 0.25) is 0 Å². The number of carbonyl (C=O) groups is 1. The minimum Gasteiger partial charge on any atom is -0.353 e. The maximum Gasteiger partial charge on any atom is 0.257 e. The molecule has 3 aromatic rings. The number of piperazine rings is 1. The smallest absolute Gasteiger partial charge is 0.257 e. The lowest BCUT2D eigenvalue weighted by Gasteiger charge is -2.35. The number of carbonyl (C=O) groups excluding carboxylic acids is 1. The van der Waals surface area contributed by atoms with Crippen LogP contribution < -0.4 is 10.2 Å². The van der Waals surface area contributed by atoms with Crippen molar-refractivity contribution in [3.63, 3.8) is 0 Å². The second kappa shape index (κ2) is 8.67. The van der Waals surface area contributed by atoms with E-state index in [0.29, 0.717) is 12.1 Å². The fraction of sp³-hybridized carbons (Fsp3) is 0.348. The summed E-state index contributed by atoms with van der Waals surface area (Å²) in [5, 5.41) is 7.95. The molecule has 4 rings (SSSR count). The minimum absolute atomic E-state index is 0.0313. The number of anilines is 1. The Morgan fingerprint density at radius 1 is 1.23 bits per heavy atom. The van der Waals surface area contributed by atoms with E-state index >= 15 is 0 Å². The molecule has 7 heteroatoms. The van der Waals surface area contributed by atoms with Crippen molar-refractivity contribution in [2.24, 2.45) is 7.05 Å². The quantitative estimate of drug-likeness (QED) is 0.708. The van der Waals surface area contributed by atoms with Gasteiger partial charge in [0.15, 0.2) is 0 Å². The first kappa shape index (κ1) is 20.1. The van der Waals surface area contributed by atoms with E-state index in [1.165, 1.54) is 5.56 Å². The topological polar surface area (TPSA) is 66.3 Å². The van der Waals surface area contributed by atoms with Crippen molar-refractivity contribution < 1.29 is 4.79 Å². The summed E-state index contributed by atoms with van der Waals surface area (Å²) < 4.78 is 1.78. The molecule has 3 heterocycles. The van der Waals surface area contributed by atoms with Crippen LogP contribution in [0.5, 0.6) is 0 Å². The lowest BCUT2D eigenvalue weighted by atomic mass is 10.0. The molecule has 1 amide bonds. The van der Waals surface area contributed by atoms with Gasteiger partial charge in [0.1, 0.15) is 5.82 Å². The molecule has 156 valence electrons. The molecule has 0 saturated carbocycles. The molecule has 0 aliphatic carbocycles. The molecule has 1 aliphatic rings. The number of nitrogens with zero attached hydrogens (tertiary/aromatic N) is 5. The standard InChI is InChI=1S/C23H28N6O/c1-17-19(15-28(3)26-17)14-27(2)23(30)20-10-7-11-25-22(20)29-13-12-24-21(16-29)18-8-5-4-6-9-18/h4-11,15,21,24H,12-14,16H2,1-3H3/t21-/m1/s1. The van der Waals surface area contributed by atoms with Gasteiger partial charge in [-0.05, 0) is 24.6 Å². The Labute approximate surface area is 177 Å². The minimum atomic E-state index is -0.0313. The van der Waals surface area contributed by atoms with Gasteiger partial charge in [-0.2, -0.15) is 5.10 Å². The molecule has 0 spiro atoms.